The third-order valence-corrected chi connectivity index (χ3v) is 4.73. The number of aliphatic hydroxyl groups excluding tert-OH is 1. The summed E-state index contributed by atoms with van der Waals surface area (Å²) in [6, 6.07) is 9.27. The van der Waals surface area contributed by atoms with Crippen LogP contribution in [0.5, 0.6) is 0 Å². The summed E-state index contributed by atoms with van der Waals surface area (Å²) in [7, 11) is 0. The molecule has 0 saturated heterocycles. The molecule has 1 aromatic rings. The van der Waals surface area contributed by atoms with Crippen LogP contribution in [-0.4, -0.2) is 23.4 Å². The van der Waals surface area contributed by atoms with Crippen molar-refractivity contribution in [2.24, 2.45) is 23.7 Å². The van der Waals surface area contributed by atoms with Crippen molar-refractivity contribution in [3.05, 3.63) is 30.3 Å². The van der Waals surface area contributed by atoms with Gasteiger partial charge in [-0.2, -0.15) is 0 Å². The number of anilines is 1. The predicted octanol–water partition coefficient (Wildman–Crippen LogP) is 1.86. The summed E-state index contributed by atoms with van der Waals surface area (Å²) in [6.45, 7) is 0. The van der Waals surface area contributed by atoms with E-state index in [0.717, 1.165) is 12.1 Å². The molecule has 4 bridgehead atoms. The van der Waals surface area contributed by atoms with E-state index in [1.165, 1.54) is 0 Å². The maximum atomic E-state index is 11.8. The lowest BCUT2D eigenvalue weighted by molar-refractivity contribution is 0.0535. The maximum absolute atomic E-state index is 11.8. The van der Waals surface area contributed by atoms with Crippen LogP contribution in [0.2, 0.25) is 0 Å². The summed E-state index contributed by atoms with van der Waals surface area (Å²) in [6.07, 6.45) is 0.310. The van der Waals surface area contributed by atoms with Crippen LogP contribution >= 0.6 is 0 Å². The lowest BCUT2D eigenvalue weighted by Crippen LogP contribution is -2.28. The molecule has 5 rings (SSSR count). The Morgan fingerprint density at radius 1 is 1.22 bits per heavy atom. The number of carbonyl (C=O) groups excluding carboxylic acids is 1. The van der Waals surface area contributed by atoms with E-state index in [9.17, 15) is 9.90 Å². The average Bonchev–Trinajstić information content (AvgIpc) is 2.69. The van der Waals surface area contributed by atoms with Crippen molar-refractivity contribution in [3.8, 4) is 0 Å². The third-order valence-electron chi connectivity index (χ3n) is 4.73. The molecule has 0 spiro atoms. The van der Waals surface area contributed by atoms with E-state index in [0.29, 0.717) is 17.8 Å². The first-order valence-corrected chi connectivity index (χ1v) is 6.46. The highest BCUT2D eigenvalue weighted by Gasteiger charge is 2.75. The monoisotopic (exact) mass is 245 g/mol. The van der Waals surface area contributed by atoms with Gasteiger partial charge in [0.25, 0.3) is 0 Å². The van der Waals surface area contributed by atoms with Gasteiger partial charge in [0.1, 0.15) is 6.10 Å². The van der Waals surface area contributed by atoms with E-state index in [1.54, 1.807) is 0 Å². The molecule has 0 aliphatic heterocycles. The highest BCUT2D eigenvalue weighted by Crippen LogP contribution is 2.71. The standard InChI is InChI=1S/C14H15NO3/c16-12-9-6-8-10(12)11(8)13(9)18-14(17)15-7-4-2-1-3-5-7/h1-5,8-13,16H,6H2,(H,15,17)/t8-,9+,10-,11+,12+,13+/m1/s1. The fraction of sp³-hybridized carbons (Fsp3) is 0.500. The first-order valence-electron chi connectivity index (χ1n) is 6.46. The molecule has 0 aromatic heterocycles. The molecule has 18 heavy (non-hydrogen) atoms. The van der Waals surface area contributed by atoms with Gasteiger partial charge in [-0.1, -0.05) is 18.2 Å². The normalized spacial score (nSPS) is 42.7. The van der Waals surface area contributed by atoms with E-state index in [-0.39, 0.29) is 18.1 Å². The topological polar surface area (TPSA) is 58.6 Å². The number of ether oxygens (including phenoxy) is 1. The molecule has 6 atom stereocenters. The van der Waals surface area contributed by atoms with E-state index < -0.39 is 6.09 Å². The summed E-state index contributed by atoms with van der Waals surface area (Å²) in [5.74, 6) is 1.61. The first kappa shape index (κ1) is 10.4. The first-order chi connectivity index (χ1) is 8.75. The number of hydrogen-bond donors (Lipinski definition) is 2. The largest absolute Gasteiger partial charge is 0.445 e. The minimum Gasteiger partial charge on any atom is -0.445 e. The van der Waals surface area contributed by atoms with Gasteiger partial charge in [-0.25, -0.2) is 4.79 Å². The number of nitrogens with one attached hydrogen (secondary N) is 1. The Morgan fingerprint density at radius 2 is 2.00 bits per heavy atom. The number of carbonyl (C=O) groups is 1. The van der Waals surface area contributed by atoms with Crippen molar-refractivity contribution in [3.63, 3.8) is 0 Å². The Morgan fingerprint density at radius 3 is 2.56 bits per heavy atom. The van der Waals surface area contributed by atoms with Crippen LogP contribution in [-0.2, 0) is 4.74 Å². The molecule has 4 fully saturated rings. The smallest absolute Gasteiger partial charge is 0.411 e. The summed E-state index contributed by atoms with van der Waals surface area (Å²) < 4.78 is 5.48. The maximum Gasteiger partial charge on any atom is 0.411 e. The average molecular weight is 245 g/mol. The van der Waals surface area contributed by atoms with Gasteiger partial charge < -0.3 is 9.84 Å². The summed E-state index contributed by atoms with van der Waals surface area (Å²) >= 11 is 0. The van der Waals surface area contributed by atoms with Crippen LogP contribution in [0.3, 0.4) is 0 Å². The Balaban J connectivity index is 1.40. The number of benzene rings is 1. The van der Waals surface area contributed by atoms with Crippen molar-refractivity contribution in [1.82, 2.24) is 0 Å². The summed E-state index contributed by atoms with van der Waals surface area (Å²) in [5, 5.41) is 12.6. The van der Waals surface area contributed by atoms with Crippen molar-refractivity contribution in [1.29, 1.82) is 0 Å². The second-order valence-corrected chi connectivity index (χ2v) is 5.57. The number of aliphatic hydroxyl groups is 1. The molecule has 2 N–H and O–H groups in total. The molecule has 1 aromatic carbocycles. The van der Waals surface area contributed by atoms with Crippen LogP contribution in [0, 0.1) is 23.7 Å². The minimum absolute atomic E-state index is 0.0706. The van der Waals surface area contributed by atoms with Gasteiger partial charge >= 0.3 is 6.09 Å². The molecular formula is C14H15NO3. The van der Waals surface area contributed by atoms with Gasteiger partial charge in [0.2, 0.25) is 0 Å². The van der Waals surface area contributed by atoms with E-state index in [2.05, 4.69) is 5.32 Å². The van der Waals surface area contributed by atoms with Crippen LogP contribution in [0.15, 0.2) is 30.3 Å². The van der Waals surface area contributed by atoms with Crippen LogP contribution in [0.25, 0.3) is 0 Å². The predicted molar refractivity (Wildman–Crippen MR) is 64.9 cm³/mol. The quantitative estimate of drug-likeness (QED) is 0.836. The Hall–Kier alpha value is -1.55. The second kappa shape index (κ2) is 3.48. The van der Waals surface area contributed by atoms with E-state index in [4.69, 9.17) is 4.74 Å². The lowest BCUT2D eigenvalue weighted by atomic mass is 10.1. The van der Waals surface area contributed by atoms with Crippen LogP contribution in [0.1, 0.15) is 6.42 Å². The summed E-state index contributed by atoms with van der Waals surface area (Å²) in [5.41, 5.74) is 0.737. The van der Waals surface area contributed by atoms with Crippen LogP contribution in [0.4, 0.5) is 10.5 Å². The molecule has 4 heteroatoms. The highest BCUT2D eigenvalue weighted by atomic mass is 16.6. The van der Waals surface area contributed by atoms with Gasteiger partial charge in [-0.15, -0.1) is 0 Å². The SMILES string of the molecule is O=C(Nc1ccccc1)O[C@H]1[C@H]2C[C@@H]3[C@@H]([C@H]2O)[C@H]31. The molecule has 94 valence electrons. The summed E-state index contributed by atoms with van der Waals surface area (Å²) in [4.78, 5) is 11.8. The number of para-hydroxylation sites is 1. The Bertz CT molecular complexity index is 489. The minimum atomic E-state index is -0.406. The molecular weight excluding hydrogens is 230 g/mol. The van der Waals surface area contributed by atoms with Crippen molar-refractivity contribution in [2.45, 2.75) is 18.6 Å². The van der Waals surface area contributed by atoms with Gasteiger partial charge in [0, 0.05) is 17.5 Å². The molecule has 0 radical (unpaired) electrons. The fourth-order valence-corrected chi connectivity index (χ4v) is 4.00. The molecule has 0 unspecified atom stereocenters. The molecule has 4 aliphatic carbocycles. The third kappa shape index (κ3) is 1.32. The zero-order chi connectivity index (χ0) is 12.3. The molecule has 4 nitrogen and oxygen atoms in total. The molecule has 0 heterocycles. The van der Waals surface area contributed by atoms with Crippen molar-refractivity contribution >= 4 is 11.8 Å². The molecule has 4 aliphatic rings. The van der Waals surface area contributed by atoms with E-state index in [1.807, 2.05) is 30.3 Å². The van der Waals surface area contributed by atoms with Crippen LogP contribution < -0.4 is 5.32 Å². The lowest BCUT2D eigenvalue weighted by Gasteiger charge is -2.18. The second-order valence-electron chi connectivity index (χ2n) is 5.57. The number of amides is 1. The van der Waals surface area contributed by atoms with Gasteiger partial charge in [-0.05, 0) is 30.4 Å². The van der Waals surface area contributed by atoms with Gasteiger partial charge in [-0.3, -0.25) is 5.32 Å². The van der Waals surface area contributed by atoms with Crippen molar-refractivity contribution in [2.75, 3.05) is 5.32 Å². The number of hydrogen-bond acceptors (Lipinski definition) is 3. The Labute approximate surface area is 105 Å². The Kier molecular flexibility index (Phi) is 2.01. The zero-order valence-corrected chi connectivity index (χ0v) is 9.82. The van der Waals surface area contributed by atoms with Gasteiger partial charge in [0.05, 0.1) is 6.10 Å². The highest BCUT2D eigenvalue weighted by molar-refractivity contribution is 5.84. The van der Waals surface area contributed by atoms with Gasteiger partial charge in [0.15, 0.2) is 0 Å². The van der Waals surface area contributed by atoms with Crippen molar-refractivity contribution < 1.29 is 14.6 Å². The zero-order valence-electron chi connectivity index (χ0n) is 9.82. The number of rotatable bonds is 2. The van der Waals surface area contributed by atoms with E-state index >= 15 is 0 Å². The fourth-order valence-electron chi connectivity index (χ4n) is 4.00. The molecule has 1 amide bonds. The molecule has 4 saturated carbocycles.